The van der Waals surface area contributed by atoms with E-state index in [-0.39, 0.29) is 17.9 Å². The highest BCUT2D eigenvalue weighted by atomic mass is 79.9. The van der Waals surface area contributed by atoms with E-state index in [0.29, 0.717) is 30.0 Å². The van der Waals surface area contributed by atoms with Crippen molar-refractivity contribution in [3.63, 3.8) is 0 Å². The molecule has 3 aromatic rings. The SMILES string of the molecule is CCC(CC)NC(=O)C(C)Cc1nc2c(c(=O)n(C)c(=O)n2C)n1Cc1cccc(Br)c1. The average molecular weight is 504 g/mol. The molecule has 2 heterocycles. The van der Waals surface area contributed by atoms with Gasteiger partial charge in [-0.25, -0.2) is 9.78 Å². The molecule has 0 aliphatic carbocycles. The monoisotopic (exact) mass is 503 g/mol. The lowest BCUT2D eigenvalue weighted by atomic mass is 10.0. The molecule has 1 amide bonds. The standard InChI is InChI=1S/C23H30BrN5O3/c1-6-17(7-2)25-21(30)14(3)11-18-26-20-19(22(31)28(5)23(32)27(20)4)29(18)13-15-9-8-10-16(24)12-15/h8-10,12,14,17H,6-7,11,13H2,1-5H3,(H,25,30). The van der Waals surface area contributed by atoms with Gasteiger partial charge in [-0.3, -0.25) is 18.7 Å². The van der Waals surface area contributed by atoms with Crippen molar-refractivity contribution >= 4 is 33.0 Å². The van der Waals surface area contributed by atoms with Crippen molar-refractivity contribution in [3.8, 4) is 0 Å². The van der Waals surface area contributed by atoms with Crippen LogP contribution in [0.1, 0.15) is 45.0 Å². The van der Waals surface area contributed by atoms with Gasteiger partial charge in [-0.2, -0.15) is 0 Å². The lowest BCUT2D eigenvalue weighted by molar-refractivity contribution is -0.125. The van der Waals surface area contributed by atoms with Crippen molar-refractivity contribution in [1.82, 2.24) is 24.0 Å². The molecule has 32 heavy (non-hydrogen) atoms. The molecular weight excluding hydrogens is 474 g/mol. The van der Waals surface area contributed by atoms with Crippen LogP contribution in [0.2, 0.25) is 0 Å². The number of nitrogens with zero attached hydrogens (tertiary/aromatic N) is 4. The lowest BCUT2D eigenvalue weighted by Gasteiger charge is -2.19. The zero-order valence-electron chi connectivity index (χ0n) is 19.2. The predicted octanol–water partition coefficient (Wildman–Crippen LogP) is 2.73. The number of hydrogen-bond donors (Lipinski definition) is 1. The van der Waals surface area contributed by atoms with E-state index in [4.69, 9.17) is 0 Å². The van der Waals surface area contributed by atoms with Crippen molar-refractivity contribution in [2.75, 3.05) is 0 Å². The molecule has 9 heteroatoms. The van der Waals surface area contributed by atoms with E-state index in [1.165, 1.54) is 11.6 Å². The molecule has 0 bridgehead atoms. The van der Waals surface area contributed by atoms with Gasteiger partial charge in [0.05, 0.1) is 0 Å². The molecule has 0 aliphatic rings. The first-order chi connectivity index (χ1) is 15.2. The fourth-order valence-corrected chi connectivity index (χ4v) is 4.29. The van der Waals surface area contributed by atoms with Gasteiger partial charge in [0.1, 0.15) is 5.82 Å². The maximum Gasteiger partial charge on any atom is 0.332 e. The van der Waals surface area contributed by atoms with E-state index in [1.54, 1.807) is 7.05 Å². The van der Waals surface area contributed by atoms with Crippen molar-refractivity contribution in [3.05, 3.63) is 61.0 Å². The largest absolute Gasteiger partial charge is 0.353 e. The molecule has 1 N–H and O–H groups in total. The highest BCUT2D eigenvalue weighted by molar-refractivity contribution is 9.10. The summed E-state index contributed by atoms with van der Waals surface area (Å²) in [6.07, 6.45) is 2.09. The van der Waals surface area contributed by atoms with Gasteiger partial charge in [-0.1, -0.05) is 48.8 Å². The minimum absolute atomic E-state index is 0.0402. The Balaban J connectivity index is 2.09. The van der Waals surface area contributed by atoms with Crippen molar-refractivity contribution in [1.29, 1.82) is 0 Å². The molecule has 1 atom stereocenters. The Morgan fingerprint density at radius 1 is 1.16 bits per heavy atom. The Hall–Kier alpha value is -2.68. The maximum absolute atomic E-state index is 13.0. The number of nitrogens with one attached hydrogen (secondary N) is 1. The summed E-state index contributed by atoms with van der Waals surface area (Å²) in [5.41, 5.74) is 0.838. The number of imidazole rings is 1. The summed E-state index contributed by atoms with van der Waals surface area (Å²) < 4.78 is 5.24. The van der Waals surface area contributed by atoms with Crippen molar-refractivity contribution < 1.29 is 4.79 Å². The minimum Gasteiger partial charge on any atom is -0.353 e. The summed E-state index contributed by atoms with van der Waals surface area (Å²) >= 11 is 3.49. The number of halogens is 1. The third-order valence-electron chi connectivity index (χ3n) is 5.93. The summed E-state index contributed by atoms with van der Waals surface area (Å²) in [6, 6.07) is 7.95. The number of benzene rings is 1. The predicted molar refractivity (Wildman–Crippen MR) is 129 cm³/mol. The number of fused-ring (bicyclic) bond motifs is 1. The van der Waals surface area contributed by atoms with E-state index in [9.17, 15) is 14.4 Å². The first-order valence-corrected chi connectivity index (χ1v) is 11.7. The third-order valence-corrected chi connectivity index (χ3v) is 6.42. The number of carbonyl (C=O) groups is 1. The second kappa shape index (κ2) is 9.85. The van der Waals surface area contributed by atoms with Crippen LogP contribution in [0.3, 0.4) is 0 Å². The average Bonchev–Trinajstić information content (AvgIpc) is 3.12. The quantitative estimate of drug-likeness (QED) is 0.511. The molecule has 1 aromatic carbocycles. The fourth-order valence-electron chi connectivity index (χ4n) is 3.84. The van der Waals surface area contributed by atoms with E-state index < -0.39 is 11.2 Å². The Labute approximate surface area is 195 Å². The van der Waals surface area contributed by atoms with Gasteiger partial charge in [0.25, 0.3) is 5.56 Å². The molecule has 0 saturated carbocycles. The van der Waals surface area contributed by atoms with Crippen LogP contribution in [0.25, 0.3) is 11.2 Å². The van der Waals surface area contributed by atoms with Crippen LogP contribution in [0.15, 0.2) is 38.3 Å². The van der Waals surface area contributed by atoms with Crippen LogP contribution < -0.4 is 16.6 Å². The van der Waals surface area contributed by atoms with E-state index in [2.05, 4.69) is 26.2 Å². The van der Waals surface area contributed by atoms with Crippen molar-refractivity contribution in [2.45, 2.75) is 52.6 Å². The molecule has 0 radical (unpaired) electrons. The van der Waals surface area contributed by atoms with Crippen LogP contribution in [0, 0.1) is 5.92 Å². The van der Waals surface area contributed by atoms with Gasteiger partial charge in [0.15, 0.2) is 11.2 Å². The van der Waals surface area contributed by atoms with Crippen LogP contribution >= 0.6 is 15.9 Å². The van der Waals surface area contributed by atoms with Gasteiger partial charge in [0, 0.05) is 43.5 Å². The van der Waals surface area contributed by atoms with Crippen LogP contribution in [-0.4, -0.2) is 30.6 Å². The molecule has 1 unspecified atom stereocenters. The zero-order valence-corrected chi connectivity index (χ0v) is 20.8. The number of aryl methyl sites for hydroxylation is 1. The highest BCUT2D eigenvalue weighted by Crippen LogP contribution is 2.19. The molecule has 0 aliphatic heterocycles. The van der Waals surface area contributed by atoms with E-state index >= 15 is 0 Å². The van der Waals surface area contributed by atoms with Crippen LogP contribution in [0.5, 0.6) is 0 Å². The number of carbonyl (C=O) groups excluding carboxylic acids is 1. The zero-order chi connectivity index (χ0) is 23.6. The topological polar surface area (TPSA) is 90.9 Å². The second-order valence-corrected chi connectivity index (χ2v) is 9.16. The Kier molecular flexibility index (Phi) is 7.38. The summed E-state index contributed by atoms with van der Waals surface area (Å²) in [5.74, 6) is 0.224. The maximum atomic E-state index is 13.0. The molecule has 0 fully saturated rings. The van der Waals surface area contributed by atoms with Gasteiger partial charge >= 0.3 is 5.69 Å². The normalized spacial score (nSPS) is 12.5. The summed E-state index contributed by atoms with van der Waals surface area (Å²) in [6.45, 7) is 6.36. The Bertz CT molecular complexity index is 1250. The molecule has 8 nitrogen and oxygen atoms in total. The molecule has 0 spiro atoms. The Morgan fingerprint density at radius 2 is 1.84 bits per heavy atom. The smallest absolute Gasteiger partial charge is 0.332 e. The van der Waals surface area contributed by atoms with Crippen LogP contribution in [-0.2, 0) is 31.9 Å². The third kappa shape index (κ3) is 4.72. The van der Waals surface area contributed by atoms with Gasteiger partial charge in [0.2, 0.25) is 5.91 Å². The van der Waals surface area contributed by atoms with Gasteiger partial charge in [-0.15, -0.1) is 0 Å². The molecule has 0 saturated heterocycles. The van der Waals surface area contributed by atoms with Crippen molar-refractivity contribution in [2.24, 2.45) is 20.0 Å². The van der Waals surface area contributed by atoms with Gasteiger partial charge in [-0.05, 0) is 30.5 Å². The molecule has 172 valence electrons. The molecular formula is C23H30BrN5O3. The molecule has 2 aromatic heterocycles. The number of amides is 1. The lowest BCUT2D eigenvalue weighted by Crippen LogP contribution is -2.38. The minimum atomic E-state index is -0.430. The molecule has 3 rings (SSSR count). The highest BCUT2D eigenvalue weighted by Gasteiger charge is 2.23. The summed E-state index contributed by atoms with van der Waals surface area (Å²) in [4.78, 5) is 42.9. The summed E-state index contributed by atoms with van der Waals surface area (Å²) in [5, 5.41) is 3.08. The second-order valence-electron chi connectivity index (χ2n) is 8.25. The Morgan fingerprint density at radius 3 is 2.47 bits per heavy atom. The van der Waals surface area contributed by atoms with E-state index in [0.717, 1.165) is 27.4 Å². The number of aromatic nitrogens is 4. The van der Waals surface area contributed by atoms with E-state index in [1.807, 2.05) is 49.6 Å². The summed E-state index contributed by atoms with van der Waals surface area (Å²) in [7, 11) is 3.07. The first-order valence-electron chi connectivity index (χ1n) is 10.9. The number of rotatable bonds is 8. The first kappa shape index (κ1) is 24.0. The fraction of sp³-hybridized carbons (Fsp3) is 0.478. The van der Waals surface area contributed by atoms with Gasteiger partial charge < -0.3 is 9.88 Å². The number of hydrogen-bond acceptors (Lipinski definition) is 4. The van der Waals surface area contributed by atoms with Crippen LogP contribution in [0.4, 0.5) is 0 Å².